The van der Waals surface area contributed by atoms with Gasteiger partial charge in [0.2, 0.25) is 10.0 Å². The first kappa shape index (κ1) is 13.9. The number of nitrogens with zero attached hydrogens (tertiary/aromatic N) is 1. The van der Waals surface area contributed by atoms with Crippen LogP contribution in [0.1, 0.15) is 27.2 Å². The van der Waals surface area contributed by atoms with Crippen molar-refractivity contribution in [2.45, 2.75) is 38.1 Å². The molecule has 0 aliphatic carbocycles. The highest BCUT2D eigenvalue weighted by molar-refractivity contribution is 7.89. The van der Waals surface area contributed by atoms with Crippen LogP contribution in [0.4, 0.5) is 5.69 Å². The number of nitrogens with one attached hydrogen (secondary N) is 1. The number of hydrogen-bond acceptors (Lipinski definition) is 4. The first-order chi connectivity index (χ1) is 7.88. The van der Waals surface area contributed by atoms with Crippen LogP contribution in [0.15, 0.2) is 23.4 Å². The van der Waals surface area contributed by atoms with Crippen LogP contribution in [0, 0.1) is 5.92 Å². The smallest absolute Gasteiger partial charge is 0.244 e. The van der Waals surface area contributed by atoms with E-state index in [4.69, 9.17) is 5.73 Å². The normalized spacial score (nSPS) is 13.9. The lowest BCUT2D eigenvalue weighted by Gasteiger charge is -2.20. The summed E-state index contributed by atoms with van der Waals surface area (Å²) in [4.78, 5) is 3.83. The predicted molar refractivity (Wildman–Crippen MR) is 67.9 cm³/mol. The van der Waals surface area contributed by atoms with E-state index in [0.717, 1.165) is 6.42 Å². The van der Waals surface area contributed by atoms with E-state index in [9.17, 15) is 8.42 Å². The first-order valence-electron chi connectivity index (χ1n) is 5.60. The first-order valence-corrected chi connectivity index (χ1v) is 7.08. The molecule has 0 spiro atoms. The molecule has 0 saturated heterocycles. The third-order valence-corrected chi connectivity index (χ3v) is 4.19. The lowest BCUT2D eigenvalue weighted by atomic mass is 10.0. The van der Waals surface area contributed by atoms with Gasteiger partial charge in [0.25, 0.3) is 0 Å². The van der Waals surface area contributed by atoms with E-state index < -0.39 is 10.0 Å². The van der Waals surface area contributed by atoms with Crippen LogP contribution in [-0.4, -0.2) is 19.4 Å². The predicted octanol–water partition coefficient (Wildman–Crippen LogP) is 1.38. The van der Waals surface area contributed by atoms with Gasteiger partial charge in [-0.1, -0.05) is 20.8 Å². The second kappa shape index (κ2) is 5.46. The number of rotatable bonds is 5. The summed E-state index contributed by atoms with van der Waals surface area (Å²) in [6, 6.07) is 1.38. The zero-order valence-corrected chi connectivity index (χ0v) is 11.2. The van der Waals surface area contributed by atoms with Gasteiger partial charge < -0.3 is 5.73 Å². The van der Waals surface area contributed by atoms with E-state index in [1.165, 1.54) is 18.5 Å². The second-order valence-corrected chi connectivity index (χ2v) is 5.98. The van der Waals surface area contributed by atoms with Crippen LogP contribution in [0.2, 0.25) is 0 Å². The Balaban J connectivity index is 3.01. The summed E-state index contributed by atoms with van der Waals surface area (Å²) in [5.41, 5.74) is 5.85. The largest absolute Gasteiger partial charge is 0.398 e. The molecular weight excluding hydrogens is 238 g/mol. The van der Waals surface area contributed by atoms with Crippen LogP contribution in [0.25, 0.3) is 0 Å². The van der Waals surface area contributed by atoms with Crippen molar-refractivity contribution in [3.8, 4) is 0 Å². The van der Waals surface area contributed by atoms with Gasteiger partial charge in [-0.3, -0.25) is 4.98 Å². The fourth-order valence-electron chi connectivity index (χ4n) is 1.57. The highest BCUT2D eigenvalue weighted by Gasteiger charge is 2.23. The van der Waals surface area contributed by atoms with Crippen LogP contribution in [0.3, 0.4) is 0 Å². The third kappa shape index (κ3) is 3.41. The van der Waals surface area contributed by atoms with Gasteiger partial charge >= 0.3 is 0 Å². The van der Waals surface area contributed by atoms with Crippen molar-refractivity contribution in [3.05, 3.63) is 18.5 Å². The van der Waals surface area contributed by atoms with E-state index in [-0.39, 0.29) is 22.5 Å². The fraction of sp³-hybridized carbons (Fsp3) is 0.545. The lowest BCUT2D eigenvalue weighted by molar-refractivity contribution is 0.437. The molecule has 5 nitrogen and oxygen atoms in total. The van der Waals surface area contributed by atoms with Crippen molar-refractivity contribution < 1.29 is 8.42 Å². The molecule has 1 aromatic rings. The minimum absolute atomic E-state index is 0.0408. The van der Waals surface area contributed by atoms with Crippen LogP contribution >= 0.6 is 0 Å². The van der Waals surface area contributed by atoms with E-state index in [0.29, 0.717) is 0 Å². The summed E-state index contributed by atoms with van der Waals surface area (Å²) in [6.07, 6.45) is 3.47. The fourth-order valence-corrected chi connectivity index (χ4v) is 3.11. The Kier molecular flexibility index (Phi) is 4.47. The molecule has 0 aromatic carbocycles. The Bertz CT molecular complexity index is 471. The van der Waals surface area contributed by atoms with Gasteiger partial charge in [0, 0.05) is 18.4 Å². The van der Waals surface area contributed by atoms with Gasteiger partial charge in [0.15, 0.2) is 0 Å². The number of aromatic nitrogens is 1. The molecule has 96 valence electrons. The number of pyridine rings is 1. The van der Waals surface area contributed by atoms with Gasteiger partial charge in [0.1, 0.15) is 4.90 Å². The summed E-state index contributed by atoms with van der Waals surface area (Å²) in [5, 5.41) is 0. The minimum Gasteiger partial charge on any atom is -0.398 e. The maximum atomic E-state index is 12.1. The molecule has 1 aromatic heterocycles. The lowest BCUT2D eigenvalue weighted by Crippen LogP contribution is -2.38. The summed E-state index contributed by atoms with van der Waals surface area (Å²) in [6.45, 7) is 5.90. The molecular formula is C11H19N3O2S. The van der Waals surface area contributed by atoms with Crippen molar-refractivity contribution in [2.75, 3.05) is 5.73 Å². The molecule has 1 atom stereocenters. The molecule has 0 saturated carbocycles. The highest BCUT2D eigenvalue weighted by atomic mass is 32.2. The number of nitrogen functional groups attached to an aromatic ring is 1. The van der Waals surface area contributed by atoms with Crippen molar-refractivity contribution in [1.29, 1.82) is 0 Å². The summed E-state index contributed by atoms with van der Waals surface area (Å²) in [7, 11) is -3.58. The number of anilines is 1. The van der Waals surface area contributed by atoms with Gasteiger partial charge in [0.05, 0.1) is 5.69 Å². The molecule has 0 aliphatic rings. The van der Waals surface area contributed by atoms with Gasteiger partial charge in [-0.25, -0.2) is 13.1 Å². The van der Waals surface area contributed by atoms with Crippen LogP contribution in [-0.2, 0) is 10.0 Å². The zero-order valence-electron chi connectivity index (χ0n) is 10.3. The molecule has 0 fully saturated rings. The van der Waals surface area contributed by atoms with Crippen LogP contribution < -0.4 is 10.5 Å². The summed E-state index contributed by atoms with van der Waals surface area (Å²) < 4.78 is 26.8. The average Bonchev–Trinajstić information content (AvgIpc) is 2.26. The molecule has 0 bridgehead atoms. The van der Waals surface area contributed by atoms with E-state index in [1.807, 2.05) is 20.8 Å². The Morgan fingerprint density at radius 2 is 2.12 bits per heavy atom. The molecule has 3 N–H and O–H groups in total. The molecule has 0 aliphatic heterocycles. The van der Waals surface area contributed by atoms with Gasteiger partial charge in [-0.15, -0.1) is 0 Å². The summed E-state index contributed by atoms with van der Waals surface area (Å²) >= 11 is 0. The molecule has 1 unspecified atom stereocenters. The Morgan fingerprint density at radius 1 is 1.47 bits per heavy atom. The Labute approximate surface area is 102 Å². The third-order valence-electron chi connectivity index (χ3n) is 2.66. The number of hydrogen-bond donors (Lipinski definition) is 2. The average molecular weight is 257 g/mol. The van der Waals surface area contributed by atoms with E-state index in [2.05, 4.69) is 9.71 Å². The molecule has 1 heterocycles. The topological polar surface area (TPSA) is 85.1 Å². The monoisotopic (exact) mass is 257 g/mol. The molecule has 0 amide bonds. The highest BCUT2D eigenvalue weighted by Crippen LogP contribution is 2.17. The molecule has 6 heteroatoms. The maximum Gasteiger partial charge on any atom is 0.244 e. The zero-order chi connectivity index (χ0) is 13.1. The number of nitrogens with two attached hydrogens (primary N) is 1. The van der Waals surface area contributed by atoms with Crippen molar-refractivity contribution in [2.24, 2.45) is 5.92 Å². The van der Waals surface area contributed by atoms with E-state index in [1.54, 1.807) is 0 Å². The quantitative estimate of drug-likeness (QED) is 0.834. The molecule has 17 heavy (non-hydrogen) atoms. The van der Waals surface area contributed by atoms with Crippen molar-refractivity contribution in [1.82, 2.24) is 9.71 Å². The molecule has 1 rings (SSSR count). The van der Waals surface area contributed by atoms with Crippen molar-refractivity contribution >= 4 is 15.7 Å². The standard InChI is InChI=1S/C11H19N3O2S/c1-4-10(8(2)3)14-17(15,16)11-7-13-6-5-9(11)12/h5-8,10,14H,4H2,1-3H3,(H2,12,13). The second-order valence-electron chi connectivity index (χ2n) is 4.29. The maximum absolute atomic E-state index is 12.1. The van der Waals surface area contributed by atoms with Crippen LogP contribution in [0.5, 0.6) is 0 Å². The van der Waals surface area contributed by atoms with Gasteiger partial charge in [-0.2, -0.15) is 0 Å². The SMILES string of the molecule is CCC(NS(=O)(=O)c1cnccc1N)C(C)C. The molecule has 0 radical (unpaired) electrons. The summed E-state index contributed by atoms with van der Waals surface area (Å²) in [5.74, 6) is 0.229. The Morgan fingerprint density at radius 3 is 2.59 bits per heavy atom. The van der Waals surface area contributed by atoms with Crippen molar-refractivity contribution in [3.63, 3.8) is 0 Å². The van der Waals surface area contributed by atoms with E-state index >= 15 is 0 Å². The Hall–Kier alpha value is -1.14. The minimum atomic E-state index is -3.58. The van der Waals surface area contributed by atoms with Gasteiger partial charge in [-0.05, 0) is 18.4 Å². The number of sulfonamides is 1.